The minimum absolute atomic E-state index is 0.119. The number of ketones is 1. The summed E-state index contributed by atoms with van der Waals surface area (Å²) in [6.45, 7) is 0. The maximum absolute atomic E-state index is 12.4. The van der Waals surface area contributed by atoms with Gasteiger partial charge in [-0.3, -0.25) is 19.7 Å². The zero-order valence-electron chi connectivity index (χ0n) is 9.92. The molecule has 0 atom stereocenters. The van der Waals surface area contributed by atoms with Gasteiger partial charge in [0.15, 0.2) is 5.78 Å². The Labute approximate surface area is 117 Å². The van der Waals surface area contributed by atoms with Gasteiger partial charge in [0.2, 0.25) is 0 Å². The Morgan fingerprint density at radius 1 is 1.10 bits per heavy atom. The van der Waals surface area contributed by atoms with Crippen molar-refractivity contribution in [3.8, 4) is 11.1 Å². The number of nitro groups is 1. The second-order valence-corrected chi connectivity index (χ2v) is 4.66. The molecule has 0 spiro atoms. The molecule has 0 saturated carbocycles. The van der Waals surface area contributed by atoms with Crippen LogP contribution in [-0.4, -0.2) is 15.9 Å². The van der Waals surface area contributed by atoms with Gasteiger partial charge >= 0.3 is 0 Å². The summed E-state index contributed by atoms with van der Waals surface area (Å²) in [5, 5.41) is 10.1. The summed E-state index contributed by atoms with van der Waals surface area (Å²) >= 11 is 5.48. The van der Waals surface area contributed by atoms with E-state index in [2.05, 4.69) is 0 Å². The largest absolute Gasteiger partial charge is 0.289 e. The Morgan fingerprint density at radius 2 is 1.85 bits per heavy atom. The van der Waals surface area contributed by atoms with E-state index in [1.54, 1.807) is 12.1 Å². The van der Waals surface area contributed by atoms with Gasteiger partial charge in [-0.25, -0.2) is 0 Å². The molecule has 1 aliphatic rings. The van der Waals surface area contributed by atoms with Crippen molar-refractivity contribution >= 4 is 28.3 Å². The maximum atomic E-state index is 12.4. The third kappa shape index (κ3) is 1.64. The number of nitro benzene ring substituents is 1. The van der Waals surface area contributed by atoms with Gasteiger partial charge in [-0.05, 0) is 34.9 Å². The van der Waals surface area contributed by atoms with Gasteiger partial charge in [0.05, 0.1) is 4.92 Å². The summed E-state index contributed by atoms with van der Waals surface area (Å²) in [7, 11) is 0. The van der Waals surface area contributed by atoms with Gasteiger partial charge in [-0.15, -0.1) is 0 Å². The van der Waals surface area contributed by atoms with Gasteiger partial charge in [-0.1, -0.05) is 12.1 Å². The van der Waals surface area contributed by atoms with E-state index in [9.17, 15) is 19.7 Å². The maximum Gasteiger partial charge on any atom is 0.270 e. The van der Waals surface area contributed by atoms with E-state index in [-0.39, 0.29) is 22.4 Å². The summed E-state index contributed by atoms with van der Waals surface area (Å²) in [6, 6.07) is 8.84. The number of nitrogens with zero attached hydrogens (tertiary/aromatic N) is 1. The lowest BCUT2D eigenvalue weighted by atomic mass is 10.0. The Balaban J connectivity index is 2.29. The topological polar surface area (TPSA) is 77.3 Å². The minimum atomic E-state index is -0.725. The molecule has 0 fully saturated rings. The highest BCUT2D eigenvalue weighted by atomic mass is 35.5. The summed E-state index contributed by atoms with van der Waals surface area (Å²) in [4.78, 5) is 33.9. The smallest absolute Gasteiger partial charge is 0.270 e. The van der Waals surface area contributed by atoms with E-state index in [1.165, 1.54) is 24.3 Å². The molecule has 98 valence electrons. The van der Waals surface area contributed by atoms with Crippen LogP contribution < -0.4 is 0 Å². The summed E-state index contributed by atoms with van der Waals surface area (Å²) in [6.07, 6.45) is 0. The minimum Gasteiger partial charge on any atom is -0.289 e. The molecule has 5 nitrogen and oxygen atoms in total. The molecule has 0 N–H and O–H groups in total. The lowest BCUT2D eigenvalue weighted by molar-refractivity contribution is -0.384. The molecule has 20 heavy (non-hydrogen) atoms. The molecule has 0 heterocycles. The normalized spacial score (nSPS) is 11.9. The fourth-order valence-electron chi connectivity index (χ4n) is 2.39. The van der Waals surface area contributed by atoms with Crippen LogP contribution in [0.3, 0.4) is 0 Å². The van der Waals surface area contributed by atoms with Crippen molar-refractivity contribution in [1.29, 1.82) is 0 Å². The third-order valence-corrected chi connectivity index (χ3v) is 3.46. The van der Waals surface area contributed by atoms with E-state index in [4.69, 9.17) is 11.6 Å². The van der Waals surface area contributed by atoms with Crippen LogP contribution in [0.4, 0.5) is 5.69 Å². The number of hydrogen-bond donors (Lipinski definition) is 0. The molecule has 0 unspecified atom stereocenters. The standard InChI is InChI=1S/C14H6ClNO4/c15-14(18)10-3-1-2-9-8-5-4-7(16(19)20)6-11(8)13(17)12(9)10/h1-6H. The van der Waals surface area contributed by atoms with Crippen molar-refractivity contribution < 1.29 is 14.5 Å². The Kier molecular flexibility index (Phi) is 2.65. The zero-order valence-corrected chi connectivity index (χ0v) is 10.7. The molecule has 0 aliphatic heterocycles. The van der Waals surface area contributed by atoms with Crippen molar-refractivity contribution in [1.82, 2.24) is 0 Å². The number of hydrogen-bond acceptors (Lipinski definition) is 4. The monoisotopic (exact) mass is 287 g/mol. The van der Waals surface area contributed by atoms with Gasteiger partial charge < -0.3 is 0 Å². The molecule has 2 aromatic rings. The lowest BCUT2D eigenvalue weighted by Crippen LogP contribution is -2.03. The molecule has 0 bridgehead atoms. The van der Waals surface area contributed by atoms with Crippen LogP contribution in [0.1, 0.15) is 26.3 Å². The fourth-order valence-corrected chi connectivity index (χ4v) is 2.55. The Morgan fingerprint density at radius 3 is 2.50 bits per heavy atom. The highest BCUT2D eigenvalue weighted by molar-refractivity contribution is 6.68. The van der Waals surface area contributed by atoms with Gasteiger partial charge in [0.25, 0.3) is 10.9 Å². The Bertz CT molecular complexity index is 798. The van der Waals surface area contributed by atoms with E-state index in [0.717, 1.165) is 0 Å². The second kappa shape index (κ2) is 4.25. The van der Waals surface area contributed by atoms with Crippen molar-refractivity contribution in [3.05, 3.63) is 63.2 Å². The number of carbonyl (C=O) groups excluding carboxylic acids is 2. The van der Waals surface area contributed by atoms with E-state index < -0.39 is 15.9 Å². The number of halogens is 1. The molecule has 0 aromatic heterocycles. The van der Waals surface area contributed by atoms with Crippen LogP contribution >= 0.6 is 11.6 Å². The third-order valence-electron chi connectivity index (χ3n) is 3.25. The molecular formula is C14H6ClNO4. The van der Waals surface area contributed by atoms with Gasteiger partial charge in [-0.2, -0.15) is 0 Å². The molecule has 2 aromatic carbocycles. The van der Waals surface area contributed by atoms with E-state index >= 15 is 0 Å². The SMILES string of the molecule is O=C(Cl)c1cccc2c1C(=O)c1cc([N+](=O)[O-])ccc1-2. The van der Waals surface area contributed by atoms with Crippen LogP contribution in [-0.2, 0) is 0 Å². The van der Waals surface area contributed by atoms with Crippen molar-refractivity contribution in [2.24, 2.45) is 0 Å². The van der Waals surface area contributed by atoms with Crippen molar-refractivity contribution in [3.63, 3.8) is 0 Å². The number of carbonyl (C=O) groups is 2. The summed E-state index contributed by atoms with van der Waals surface area (Å²) in [5.74, 6) is -0.414. The molecule has 0 amide bonds. The van der Waals surface area contributed by atoms with Crippen LogP contribution in [0.15, 0.2) is 36.4 Å². The van der Waals surface area contributed by atoms with Crippen LogP contribution in [0, 0.1) is 10.1 Å². The summed E-state index contributed by atoms with van der Waals surface area (Å²) < 4.78 is 0. The average molecular weight is 288 g/mol. The predicted molar refractivity (Wildman–Crippen MR) is 72.1 cm³/mol. The predicted octanol–water partition coefficient (Wildman–Crippen LogP) is 3.19. The molecule has 6 heteroatoms. The quantitative estimate of drug-likeness (QED) is 0.412. The molecule has 3 rings (SSSR count). The van der Waals surface area contributed by atoms with Crippen molar-refractivity contribution in [2.75, 3.05) is 0 Å². The molecule has 1 aliphatic carbocycles. The van der Waals surface area contributed by atoms with Crippen LogP contribution in [0.2, 0.25) is 0 Å². The number of non-ortho nitro benzene ring substituents is 1. The first-order valence-corrected chi connectivity index (χ1v) is 6.05. The fraction of sp³-hybridized carbons (Fsp3) is 0. The van der Waals surface area contributed by atoms with Crippen molar-refractivity contribution in [2.45, 2.75) is 0 Å². The lowest BCUT2D eigenvalue weighted by Gasteiger charge is -2.02. The van der Waals surface area contributed by atoms with Gasteiger partial charge in [0, 0.05) is 28.8 Å². The highest BCUT2D eigenvalue weighted by Gasteiger charge is 2.31. The van der Waals surface area contributed by atoms with E-state index in [1.807, 2.05) is 0 Å². The molecular weight excluding hydrogens is 282 g/mol. The highest BCUT2D eigenvalue weighted by Crippen LogP contribution is 2.40. The molecule has 0 radical (unpaired) electrons. The average Bonchev–Trinajstić information content (AvgIpc) is 2.72. The number of fused-ring (bicyclic) bond motifs is 3. The number of rotatable bonds is 2. The Hall–Kier alpha value is -2.53. The first-order valence-electron chi connectivity index (χ1n) is 5.67. The first kappa shape index (κ1) is 12.5. The van der Waals surface area contributed by atoms with E-state index in [0.29, 0.717) is 11.1 Å². The van der Waals surface area contributed by atoms with Crippen LogP contribution in [0.5, 0.6) is 0 Å². The first-order chi connectivity index (χ1) is 9.50. The van der Waals surface area contributed by atoms with Gasteiger partial charge in [0.1, 0.15) is 0 Å². The molecule has 0 saturated heterocycles. The second-order valence-electron chi connectivity index (χ2n) is 4.32. The number of benzene rings is 2. The zero-order chi connectivity index (χ0) is 14.4. The van der Waals surface area contributed by atoms with Crippen LogP contribution in [0.25, 0.3) is 11.1 Å². The summed E-state index contributed by atoms with van der Waals surface area (Å²) in [5.41, 5.74) is 1.54.